The van der Waals surface area contributed by atoms with Crippen molar-refractivity contribution in [2.24, 2.45) is 5.16 Å². The zero-order chi connectivity index (χ0) is 12.8. The Morgan fingerprint density at radius 3 is 2.39 bits per heavy atom. The van der Waals surface area contributed by atoms with Gasteiger partial charge >= 0.3 is 0 Å². The molecular formula is C15H14FNO. The van der Waals surface area contributed by atoms with Crippen molar-refractivity contribution in [3.63, 3.8) is 0 Å². The Labute approximate surface area is 106 Å². The van der Waals surface area contributed by atoms with Gasteiger partial charge in [-0.25, -0.2) is 4.39 Å². The van der Waals surface area contributed by atoms with Crippen LogP contribution in [0.5, 0.6) is 0 Å². The normalized spacial score (nSPS) is 10.8. The molecule has 0 fully saturated rings. The summed E-state index contributed by atoms with van der Waals surface area (Å²) in [4.78, 5) is 5.14. The lowest BCUT2D eigenvalue weighted by atomic mass is 10.2. The molecule has 0 aliphatic heterocycles. The van der Waals surface area contributed by atoms with Crippen LogP contribution in [0.25, 0.3) is 0 Å². The topological polar surface area (TPSA) is 21.6 Å². The van der Waals surface area contributed by atoms with Crippen molar-refractivity contribution >= 4 is 6.21 Å². The van der Waals surface area contributed by atoms with Crippen LogP contribution < -0.4 is 0 Å². The molecule has 0 aromatic heterocycles. The molecule has 0 radical (unpaired) electrons. The van der Waals surface area contributed by atoms with Gasteiger partial charge in [0, 0.05) is 0 Å². The average molecular weight is 243 g/mol. The molecule has 2 nitrogen and oxygen atoms in total. The van der Waals surface area contributed by atoms with Crippen molar-refractivity contribution < 1.29 is 9.23 Å². The second-order valence-corrected chi connectivity index (χ2v) is 4.05. The van der Waals surface area contributed by atoms with Gasteiger partial charge in [0.05, 0.1) is 6.21 Å². The minimum atomic E-state index is -0.248. The Morgan fingerprint density at radius 2 is 1.72 bits per heavy atom. The molecule has 92 valence electrons. The molecule has 0 bridgehead atoms. The van der Waals surface area contributed by atoms with Gasteiger partial charge in [-0.3, -0.25) is 0 Å². The summed E-state index contributed by atoms with van der Waals surface area (Å²) in [5, 5.41) is 3.87. The minimum Gasteiger partial charge on any atom is -0.391 e. The van der Waals surface area contributed by atoms with E-state index in [9.17, 15) is 4.39 Å². The standard InChI is InChI=1S/C15H14FNO/c1-12-2-4-13(5-3-12)10-17-18-11-14-6-8-15(16)9-7-14/h2-10H,11H2,1H3. The van der Waals surface area contributed by atoms with Crippen molar-refractivity contribution in [1.29, 1.82) is 0 Å². The Hall–Kier alpha value is -2.16. The molecule has 0 unspecified atom stereocenters. The molecule has 0 amide bonds. The molecule has 0 heterocycles. The number of nitrogens with zero attached hydrogens (tertiary/aromatic N) is 1. The number of hydrogen-bond acceptors (Lipinski definition) is 2. The summed E-state index contributed by atoms with van der Waals surface area (Å²) in [6.07, 6.45) is 1.66. The van der Waals surface area contributed by atoms with E-state index in [0.29, 0.717) is 6.61 Å². The first-order valence-corrected chi connectivity index (χ1v) is 5.70. The molecule has 0 aliphatic rings. The third-order valence-corrected chi connectivity index (χ3v) is 2.50. The van der Waals surface area contributed by atoms with Crippen LogP contribution in [0.4, 0.5) is 4.39 Å². The fourth-order valence-electron chi connectivity index (χ4n) is 1.44. The molecular weight excluding hydrogens is 229 g/mol. The van der Waals surface area contributed by atoms with E-state index in [4.69, 9.17) is 4.84 Å². The zero-order valence-corrected chi connectivity index (χ0v) is 10.1. The molecule has 0 N–H and O–H groups in total. The van der Waals surface area contributed by atoms with Crippen LogP contribution in [0.3, 0.4) is 0 Å². The Balaban J connectivity index is 1.84. The molecule has 0 saturated carbocycles. The summed E-state index contributed by atoms with van der Waals surface area (Å²) in [5.74, 6) is -0.248. The maximum Gasteiger partial charge on any atom is 0.142 e. The second-order valence-electron chi connectivity index (χ2n) is 4.05. The number of halogens is 1. The van der Waals surface area contributed by atoms with Crippen molar-refractivity contribution in [1.82, 2.24) is 0 Å². The van der Waals surface area contributed by atoms with E-state index in [1.54, 1.807) is 18.3 Å². The summed E-state index contributed by atoms with van der Waals surface area (Å²) in [5.41, 5.74) is 3.08. The lowest BCUT2D eigenvalue weighted by molar-refractivity contribution is 0.132. The summed E-state index contributed by atoms with van der Waals surface area (Å²) in [6.45, 7) is 2.37. The van der Waals surface area contributed by atoms with Crippen LogP contribution in [0, 0.1) is 12.7 Å². The maximum absolute atomic E-state index is 12.7. The summed E-state index contributed by atoms with van der Waals surface area (Å²) in [6, 6.07) is 14.1. The zero-order valence-electron chi connectivity index (χ0n) is 10.1. The van der Waals surface area contributed by atoms with Crippen molar-refractivity contribution in [2.45, 2.75) is 13.5 Å². The van der Waals surface area contributed by atoms with E-state index in [-0.39, 0.29) is 5.82 Å². The minimum absolute atomic E-state index is 0.248. The van der Waals surface area contributed by atoms with Gasteiger partial charge in [-0.1, -0.05) is 47.1 Å². The first-order chi connectivity index (χ1) is 8.74. The van der Waals surface area contributed by atoms with E-state index in [1.165, 1.54) is 17.7 Å². The van der Waals surface area contributed by atoms with Crippen LogP contribution in [0.2, 0.25) is 0 Å². The highest BCUT2D eigenvalue weighted by Crippen LogP contribution is 2.05. The van der Waals surface area contributed by atoms with Crippen LogP contribution in [0.1, 0.15) is 16.7 Å². The summed E-state index contributed by atoms with van der Waals surface area (Å²) in [7, 11) is 0. The Morgan fingerprint density at radius 1 is 1.06 bits per heavy atom. The summed E-state index contributed by atoms with van der Waals surface area (Å²) < 4.78 is 12.7. The quantitative estimate of drug-likeness (QED) is 0.593. The number of oxime groups is 1. The number of rotatable bonds is 4. The third-order valence-electron chi connectivity index (χ3n) is 2.50. The molecule has 0 saturated heterocycles. The van der Waals surface area contributed by atoms with Crippen LogP contribution in [-0.2, 0) is 11.4 Å². The molecule has 2 aromatic rings. The maximum atomic E-state index is 12.7. The Kier molecular flexibility index (Phi) is 4.07. The van der Waals surface area contributed by atoms with Crippen molar-refractivity contribution in [3.05, 3.63) is 71.0 Å². The first kappa shape index (κ1) is 12.3. The number of aryl methyl sites for hydroxylation is 1. The third kappa shape index (κ3) is 3.70. The molecule has 0 atom stereocenters. The lowest BCUT2D eigenvalue weighted by Gasteiger charge is -1.99. The smallest absolute Gasteiger partial charge is 0.142 e. The predicted molar refractivity (Wildman–Crippen MR) is 70.0 cm³/mol. The van der Waals surface area contributed by atoms with E-state index in [2.05, 4.69) is 5.16 Å². The molecule has 0 aliphatic carbocycles. The van der Waals surface area contributed by atoms with Gasteiger partial charge in [-0.2, -0.15) is 0 Å². The second kappa shape index (κ2) is 5.96. The lowest BCUT2D eigenvalue weighted by Crippen LogP contribution is -1.88. The summed E-state index contributed by atoms with van der Waals surface area (Å²) >= 11 is 0. The van der Waals surface area contributed by atoms with Gasteiger partial charge in [0.15, 0.2) is 0 Å². The van der Waals surface area contributed by atoms with E-state index in [0.717, 1.165) is 11.1 Å². The van der Waals surface area contributed by atoms with E-state index >= 15 is 0 Å². The fraction of sp³-hybridized carbons (Fsp3) is 0.133. The average Bonchev–Trinajstić information content (AvgIpc) is 2.39. The van der Waals surface area contributed by atoms with Crippen LogP contribution >= 0.6 is 0 Å². The van der Waals surface area contributed by atoms with Gasteiger partial charge in [-0.05, 0) is 30.2 Å². The van der Waals surface area contributed by atoms with Crippen LogP contribution in [-0.4, -0.2) is 6.21 Å². The highest BCUT2D eigenvalue weighted by atomic mass is 19.1. The number of benzene rings is 2. The highest BCUT2D eigenvalue weighted by Gasteiger charge is 1.93. The van der Waals surface area contributed by atoms with Gasteiger partial charge < -0.3 is 4.84 Å². The SMILES string of the molecule is Cc1ccc(C=NOCc2ccc(F)cc2)cc1. The number of hydrogen-bond donors (Lipinski definition) is 0. The van der Waals surface area contributed by atoms with Gasteiger partial charge in [0.1, 0.15) is 12.4 Å². The molecule has 3 heteroatoms. The van der Waals surface area contributed by atoms with Gasteiger partial charge in [-0.15, -0.1) is 0 Å². The largest absolute Gasteiger partial charge is 0.391 e. The Bertz CT molecular complexity index is 517. The van der Waals surface area contributed by atoms with Gasteiger partial charge in [0.25, 0.3) is 0 Å². The fourth-order valence-corrected chi connectivity index (χ4v) is 1.44. The van der Waals surface area contributed by atoms with Crippen LogP contribution in [0.15, 0.2) is 53.7 Å². The molecule has 0 spiro atoms. The molecule has 2 rings (SSSR count). The predicted octanol–water partition coefficient (Wildman–Crippen LogP) is 3.68. The van der Waals surface area contributed by atoms with Gasteiger partial charge in [0.2, 0.25) is 0 Å². The highest BCUT2D eigenvalue weighted by molar-refractivity contribution is 5.79. The molecule has 2 aromatic carbocycles. The first-order valence-electron chi connectivity index (χ1n) is 5.70. The van der Waals surface area contributed by atoms with Crippen molar-refractivity contribution in [2.75, 3.05) is 0 Å². The van der Waals surface area contributed by atoms with Crippen molar-refractivity contribution in [3.8, 4) is 0 Å². The molecule has 18 heavy (non-hydrogen) atoms. The van der Waals surface area contributed by atoms with E-state index in [1.807, 2.05) is 31.2 Å². The van der Waals surface area contributed by atoms with E-state index < -0.39 is 0 Å². The monoisotopic (exact) mass is 243 g/mol.